The molecule has 0 aliphatic rings. The first-order valence-electron chi connectivity index (χ1n) is 9.93. The average molecular weight is 439 g/mol. The number of rotatable bonds is 12. The lowest BCUT2D eigenvalue weighted by molar-refractivity contribution is -0.118. The van der Waals surface area contributed by atoms with Gasteiger partial charge in [0, 0.05) is 13.1 Å². The summed E-state index contributed by atoms with van der Waals surface area (Å²) in [6, 6.07) is 17.4. The first-order valence-corrected chi connectivity index (χ1v) is 10.9. The van der Waals surface area contributed by atoms with Gasteiger partial charge < -0.3 is 14.8 Å². The molecule has 31 heavy (non-hydrogen) atoms. The van der Waals surface area contributed by atoms with Crippen LogP contribution in [0.5, 0.6) is 11.5 Å². The quantitative estimate of drug-likeness (QED) is 0.344. The van der Waals surface area contributed by atoms with Gasteiger partial charge in [0.15, 0.2) is 11.0 Å². The van der Waals surface area contributed by atoms with Crippen LogP contribution in [-0.2, 0) is 24.4 Å². The minimum absolute atomic E-state index is 0.0369. The van der Waals surface area contributed by atoms with Crippen molar-refractivity contribution < 1.29 is 14.3 Å². The highest BCUT2D eigenvalue weighted by Crippen LogP contribution is 2.20. The number of amides is 1. The van der Waals surface area contributed by atoms with Gasteiger partial charge in [-0.3, -0.25) is 9.36 Å². The number of hydrogen-bond acceptors (Lipinski definition) is 6. The normalized spacial score (nSPS) is 10.5. The van der Waals surface area contributed by atoms with Gasteiger partial charge in [0.2, 0.25) is 5.91 Å². The molecule has 0 aliphatic heterocycles. The SMILES string of the molecule is C=CCn1c(COc2ccc(OC)cc2)nnc1SCC(=O)NCCc1ccccc1. The summed E-state index contributed by atoms with van der Waals surface area (Å²) in [6.45, 7) is 5.20. The maximum atomic E-state index is 12.2. The second kappa shape index (κ2) is 11.8. The monoisotopic (exact) mass is 438 g/mol. The molecule has 7 nitrogen and oxygen atoms in total. The Bertz CT molecular complexity index is 974. The highest BCUT2D eigenvalue weighted by Gasteiger charge is 2.14. The molecular formula is C23H26N4O3S. The van der Waals surface area contributed by atoms with Gasteiger partial charge in [-0.15, -0.1) is 16.8 Å². The zero-order valence-electron chi connectivity index (χ0n) is 17.5. The molecular weight excluding hydrogens is 412 g/mol. The number of methoxy groups -OCH3 is 1. The number of benzene rings is 2. The Hall–Kier alpha value is -3.26. The number of ether oxygens (including phenoxy) is 2. The zero-order chi connectivity index (χ0) is 21.9. The number of carbonyl (C=O) groups is 1. The molecule has 0 aliphatic carbocycles. The molecule has 2 aromatic carbocycles. The van der Waals surface area contributed by atoms with Crippen LogP contribution in [0.15, 0.2) is 72.4 Å². The third-order valence-corrected chi connectivity index (χ3v) is 5.41. The summed E-state index contributed by atoms with van der Waals surface area (Å²) in [5.41, 5.74) is 1.20. The highest BCUT2D eigenvalue weighted by molar-refractivity contribution is 7.99. The van der Waals surface area contributed by atoms with Crippen molar-refractivity contribution in [2.45, 2.75) is 24.7 Å². The van der Waals surface area contributed by atoms with Crippen LogP contribution in [0.4, 0.5) is 0 Å². The van der Waals surface area contributed by atoms with Crippen molar-refractivity contribution in [2.75, 3.05) is 19.4 Å². The van der Waals surface area contributed by atoms with Crippen LogP contribution in [0.3, 0.4) is 0 Å². The Morgan fingerprint density at radius 1 is 1.13 bits per heavy atom. The van der Waals surface area contributed by atoms with Crippen LogP contribution in [0.25, 0.3) is 0 Å². The summed E-state index contributed by atoms with van der Waals surface area (Å²) < 4.78 is 12.9. The van der Waals surface area contributed by atoms with Gasteiger partial charge in [0.1, 0.15) is 18.1 Å². The first kappa shape index (κ1) is 22.4. The van der Waals surface area contributed by atoms with E-state index in [4.69, 9.17) is 9.47 Å². The lowest BCUT2D eigenvalue weighted by Crippen LogP contribution is -2.27. The summed E-state index contributed by atoms with van der Waals surface area (Å²) in [6.07, 6.45) is 2.57. The van der Waals surface area contributed by atoms with Gasteiger partial charge >= 0.3 is 0 Å². The third-order valence-electron chi connectivity index (χ3n) is 4.44. The summed E-state index contributed by atoms with van der Waals surface area (Å²) in [5.74, 6) is 2.38. The molecule has 0 radical (unpaired) electrons. The Morgan fingerprint density at radius 2 is 1.87 bits per heavy atom. The number of thioether (sulfide) groups is 1. The molecule has 1 amide bonds. The van der Waals surface area contributed by atoms with Crippen molar-refractivity contribution in [3.63, 3.8) is 0 Å². The van der Waals surface area contributed by atoms with Crippen LogP contribution >= 0.6 is 11.8 Å². The van der Waals surface area contributed by atoms with Gasteiger partial charge in [-0.1, -0.05) is 48.2 Å². The van der Waals surface area contributed by atoms with E-state index in [-0.39, 0.29) is 18.3 Å². The molecule has 1 aromatic heterocycles. The van der Waals surface area contributed by atoms with Gasteiger partial charge in [-0.2, -0.15) is 0 Å². The Kier molecular flexibility index (Phi) is 8.54. The van der Waals surface area contributed by atoms with E-state index in [2.05, 4.69) is 22.1 Å². The molecule has 0 fully saturated rings. The predicted octanol–water partition coefficient (Wildman–Crippen LogP) is 3.50. The Labute approximate surface area is 186 Å². The van der Waals surface area contributed by atoms with E-state index in [1.165, 1.54) is 17.3 Å². The maximum Gasteiger partial charge on any atom is 0.230 e. The van der Waals surface area contributed by atoms with E-state index in [1.54, 1.807) is 13.2 Å². The molecule has 162 valence electrons. The summed E-state index contributed by atoms with van der Waals surface area (Å²) >= 11 is 1.35. The minimum atomic E-state index is -0.0369. The van der Waals surface area contributed by atoms with Crippen LogP contribution < -0.4 is 14.8 Å². The Balaban J connectivity index is 1.50. The fraction of sp³-hybridized carbons (Fsp3) is 0.261. The van der Waals surface area contributed by atoms with Crippen LogP contribution in [0.2, 0.25) is 0 Å². The summed E-state index contributed by atoms with van der Waals surface area (Å²) in [4.78, 5) is 12.2. The van der Waals surface area contributed by atoms with E-state index in [0.29, 0.717) is 29.8 Å². The number of carbonyl (C=O) groups excluding carboxylic acids is 1. The van der Waals surface area contributed by atoms with E-state index in [1.807, 2.05) is 59.2 Å². The summed E-state index contributed by atoms with van der Waals surface area (Å²) in [5, 5.41) is 12.1. The second-order valence-corrected chi connectivity index (χ2v) is 7.58. The number of nitrogens with zero attached hydrogens (tertiary/aromatic N) is 3. The molecule has 8 heteroatoms. The van der Waals surface area contributed by atoms with Crippen LogP contribution in [0.1, 0.15) is 11.4 Å². The standard InChI is InChI=1S/C23H26N4O3S/c1-3-15-27-21(16-30-20-11-9-19(29-2)10-12-20)25-26-23(27)31-17-22(28)24-14-13-18-7-5-4-6-8-18/h3-12H,1,13-17H2,2H3,(H,24,28). The van der Waals surface area contributed by atoms with Crippen molar-refractivity contribution in [3.8, 4) is 11.5 Å². The fourth-order valence-electron chi connectivity index (χ4n) is 2.84. The van der Waals surface area contributed by atoms with Gasteiger partial charge in [0.25, 0.3) is 0 Å². The first-order chi connectivity index (χ1) is 15.2. The van der Waals surface area contributed by atoms with Gasteiger partial charge in [-0.05, 0) is 36.2 Å². The summed E-state index contributed by atoms with van der Waals surface area (Å²) in [7, 11) is 1.62. The van der Waals surface area contributed by atoms with Crippen molar-refractivity contribution in [1.29, 1.82) is 0 Å². The predicted molar refractivity (Wildman–Crippen MR) is 121 cm³/mol. The molecule has 3 aromatic rings. The maximum absolute atomic E-state index is 12.2. The molecule has 0 spiro atoms. The van der Waals surface area contributed by atoms with Crippen molar-refractivity contribution in [3.05, 3.63) is 78.6 Å². The smallest absolute Gasteiger partial charge is 0.230 e. The fourth-order valence-corrected chi connectivity index (χ4v) is 3.63. The molecule has 1 N–H and O–H groups in total. The van der Waals surface area contributed by atoms with E-state index >= 15 is 0 Å². The Morgan fingerprint density at radius 3 is 2.58 bits per heavy atom. The van der Waals surface area contributed by atoms with Crippen molar-refractivity contribution in [1.82, 2.24) is 20.1 Å². The molecule has 0 unspecified atom stereocenters. The molecule has 0 bridgehead atoms. The number of aromatic nitrogens is 3. The lowest BCUT2D eigenvalue weighted by atomic mass is 10.1. The third kappa shape index (κ3) is 6.89. The van der Waals surface area contributed by atoms with E-state index in [9.17, 15) is 4.79 Å². The lowest BCUT2D eigenvalue weighted by Gasteiger charge is -2.10. The zero-order valence-corrected chi connectivity index (χ0v) is 18.3. The molecule has 1 heterocycles. The van der Waals surface area contributed by atoms with Crippen LogP contribution in [0, 0.1) is 0 Å². The van der Waals surface area contributed by atoms with Gasteiger partial charge in [-0.25, -0.2) is 0 Å². The van der Waals surface area contributed by atoms with Crippen molar-refractivity contribution >= 4 is 17.7 Å². The van der Waals surface area contributed by atoms with E-state index < -0.39 is 0 Å². The number of allylic oxidation sites excluding steroid dienone is 1. The largest absolute Gasteiger partial charge is 0.497 e. The molecule has 0 atom stereocenters. The topological polar surface area (TPSA) is 78.3 Å². The van der Waals surface area contributed by atoms with Crippen LogP contribution in [-0.4, -0.2) is 40.1 Å². The average Bonchev–Trinajstić information content (AvgIpc) is 3.19. The minimum Gasteiger partial charge on any atom is -0.497 e. The van der Waals surface area contributed by atoms with Crippen molar-refractivity contribution in [2.24, 2.45) is 0 Å². The highest BCUT2D eigenvalue weighted by atomic mass is 32.2. The van der Waals surface area contributed by atoms with Gasteiger partial charge in [0.05, 0.1) is 12.9 Å². The van der Waals surface area contributed by atoms with E-state index in [0.717, 1.165) is 12.2 Å². The molecule has 3 rings (SSSR count). The number of nitrogens with one attached hydrogen (secondary N) is 1. The second-order valence-electron chi connectivity index (χ2n) is 6.64. The molecule has 0 saturated heterocycles. The number of hydrogen-bond donors (Lipinski definition) is 1. The molecule has 0 saturated carbocycles.